The van der Waals surface area contributed by atoms with Gasteiger partial charge in [-0.05, 0) is 56.8 Å². The Balaban J connectivity index is 1.45. The normalized spacial score (nSPS) is 44.2. The van der Waals surface area contributed by atoms with Crippen molar-refractivity contribution >= 4 is 5.91 Å². The molecule has 0 aromatic heterocycles. The molecule has 4 fully saturated rings. The molecule has 4 aliphatic rings. The maximum absolute atomic E-state index is 13.1. The third kappa shape index (κ3) is 2.52. The topological polar surface area (TPSA) is 32.3 Å². The van der Waals surface area contributed by atoms with E-state index in [2.05, 4.69) is 17.1 Å². The number of hydrogen-bond donors (Lipinski definition) is 1. The van der Waals surface area contributed by atoms with Crippen molar-refractivity contribution < 1.29 is 4.79 Å². The van der Waals surface area contributed by atoms with Crippen molar-refractivity contribution in [2.45, 2.75) is 82.8 Å². The van der Waals surface area contributed by atoms with Gasteiger partial charge in [0.25, 0.3) is 0 Å². The van der Waals surface area contributed by atoms with Gasteiger partial charge in [-0.2, -0.15) is 0 Å². The lowest BCUT2D eigenvalue weighted by atomic mass is 9.97. The molecule has 2 bridgehead atoms. The number of piperidine rings is 1. The number of amides is 1. The molecule has 2 aliphatic carbocycles. The van der Waals surface area contributed by atoms with Crippen molar-refractivity contribution in [3.8, 4) is 0 Å². The third-order valence-electron chi connectivity index (χ3n) is 6.58. The molecular weight excluding hydrogens is 260 g/mol. The fraction of sp³-hybridized carbons (Fsp3) is 0.944. The Morgan fingerprint density at radius 2 is 1.67 bits per heavy atom. The van der Waals surface area contributed by atoms with Crippen molar-refractivity contribution in [2.24, 2.45) is 17.8 Å². The van der Waals surface area contributed by atoms with Crippen LogP contribution in [-0.2, 0) is 4.79 Å². The van der Waals surface area contributed by atoms with E-state index in [0.717, 1.165) is 24.8 Å². The van der Waals surface area contributed by atoms with Crippen LogP contribution in [-0.4, -0.2) is 35.5 Å². The average Bonchev–Trinajstić information content (AvgIpc) is 3.15. The first-order chi connectivity index (χ1) is 10.3. The van der Waals surface area contributed by atoms with Crippen LogP contribution in [0.15, 0.2) is 0 Å². The summed E-state index contributed by atoms with van der Waals surface area (Å²) < 4.78 is 0. The Labute approximate surface area is 128 Å². The second kappa shape index (κ2) is 5.57. The molecule has 2 aliphatic heterocycles. The van der Waals surface area contributed by atoms with Crippen molar-refractivity contribution in [1.29, 1.82) is 0 Å². The highest BCUT2D eigenvalue weighted by atomic mass is 16.2. The first-order valence-electron chi connectivity index (χ1n) is 9.34. The molecule has 4 unspecified atom stereocenters. The predicted molar refractivity (Wildman–Crippen MR) is 83.9 cm³/mol. The molecule has 0 aromatic rings. The summed E-state index contributed by atoms with van der Waals surface area (Å²) in [6.07, 6.45) is 11.5. The van der Waals surface area contributed by atoms with E-state index in [1.807, 2.05) is 0 Å². The molecule has 21 heavy (non-hydrogen) atoms. The minimum absolute atomic E-state index is 0.409. The van der Waals surface area contributed by atoms with Gasteiger partial charge in [0.05, 0.1) is 0 Å². The van der Waals surface area contributed by atoms with Crippen molar-refractivity contribution in [3.63, 3.8) is 0 Å². The van der Waals surface area contributed by atoms with Gasteiger partial charge in [0, 0.05) is 30.6 Å². The van der Waals surface area contributed by atoms with Crippen LogP contribution in [0.25, 0.3) is 0 Å². The summed E-state index contributed by atoms with van der Waals surface area (Å²) in [6.45, 7) is 3.20. The molecule has 0 radical (unpaired) electrons. The van der Waals surface area contributed by atoms with Crippen LogP contribution in [0, 0.1) is 17.8 Å². The molecule has 1 amide bonds. The summed E-state index contributed by atoms with van der Waals surface area (Å²) in [7, 11) is 0. The molecule has 1 N–H and O–H groups in total. The molecule has 2 saturated heterocycles. The quantitative estimate of drug-likeness (QED) is 0.863. The summed E-state index contributed by atoms with van der Waals surface area (Å²) in [5.74, 6) is 2.44. The van der Waals surface area contributed by atoms with Crippen molar-refractivity contribution in [3.05, 3.63) is 0 Å². The summed E-state index contributed by atoms with van der Waals surface area (Å²) in [6, 6.07) is 1.89. The lowest BCUT2D eigenvalue weighted by Gasteiger charge is -2.38. The van der Waals surface area contributed by atoms with E-state index in [9.17, 15) is 4.79 Å². The number of fused-ring (bicyclic) bond motifs is 3. The number of hydrogen-bond acceptors (Lipinski definition) is 2. The monoisotopic (exact) mass is 290 g/mol. The molecule has 0 spiro atoms. The van der Waals surface area contributed by atoms with Gasteiger partial charge in [-0.1, -0.05) is 19.8 Å². The van der Waals surface area contributed by atoms with E-state index in [-0.39, 0.29) is 0 Å². The second-order valence-electron chi connectivity index (χ2n) is 7.93. The van der Waals surface area contributed by atoms with Gasteiger partial charge in [-0.25, -0.2) is 0 Å². The molecule has 3 nitrogen and oxygen atoms in total. The Hall–Kier alpha value is -0.570. The fourth-order valence-corrected chi connectivity index (χ4v) is 5.55. The van der Waals surface area contributed by atoms with Gasteiger partial charge in [-0.3, -0.25) is 4.79 Å². The summed E-state index contributed by atoms with van der Waals surface area (Å²) >= 11 is 0. The molecule has 0 aromatic carbocycles. The van der Waals surface area contributed by atoms with E-state index in [0.29, 0.717) is 30.0 Å². The zero-order chi connectivity index (χ0) is 14.4. The summed E-state index contributed by atoms with van der Waals surface area (Å²) in [5.41, 5.74) is 0. The first kappa shape index (κ1) is 14.0. The van der Waals surface area contributed by atoms with Crippen LogP contribution >= 0.6 is 0 Å². The third-order valence-corrected chi connectivity index (χ3v) is 6.58. The van der Waals surface area contributed by atoms with Crippen LogP contribution in [0.3, 0.4) is 0 Å². The maximum Gasteiger partial charge on any atom is 0.226 e. The molecule has 4 rings (SSSR count). The molecule has 2 saturated carbocycles. The zero-order valence-corrected chi connectivity index (χ0v) is 13.4. The smallest absolute Gasteiger partial charge is 0.226 e. The van der Waals surface area contributed by atoms with Crippen LogP contribution < -0.4 is 5.32 Å². The van der Waals surface area contributed by atoms with Crippen LogP contribution in [0.5, 0.6) is 0 Å². The Kier molecular flexibility index (Phi) is 3.72. The molecule has 118 valence electrons. The molecule has 4 atom stereocenters. The summed E-state index contributed by atoms with van der Waals surface area (Å²) in [5, 5.41) is 3.71. The second-order valence-corrected chi connectivity index (χ2v) is 7.93. The predicted octanol–water partition coefficient (Wildman–Crippen LogP) is 2.94. The van der Waals surface area contributed by atoms with Gasteiger partial charge in [0.15, 0.2) is 0 Å². The minimum atomic E-state index is 0.409. The van der Waals surface area contributed by atoms with E-state index in [4.69, 9.17) is 0 Å². The SMILES string of the molecule is CCCN(C(=O)C1C2CCCCC21)C1CC2CCC(C1)N2. The number of nitrogens with zero attached hydrogens (tertiary/aromatic N) is 1. The lowest BCUT2D eigenvalue weighted by molar-refractivity contribution is -0.136. The number of carbonyl (C=O) groups is 1. The Morgan fingerprint density at radius 1 is 1.05 bits per heavy atom. The highest BCUT2D eigenvalue weighted by Crippen LogP contribution is 2.56. The van der Waals surface area contributed by atoms with Crippen molar-refractivity contribution in [2.75, 3.05) is 6.54 Å². The van der Waals surface area contributed by atoms with E-state index >= 15 is 0 Å². The molecule has 3 heteroatoms. The van der Waals surface area contributed by atoms with E-state index in [1.165, 1.54) is 51.4 Å². The maximum atomic E-state index is 13.1. The van der Waals surface area contributed by atoms with Gasteiger partial charge < -0.3 is 10.2 Å². The lowest BCUT2D eigenvalue weighted by Crippen LogP contribution is -2.51. The standard InChI is InChI=1S/C18H30N2O/c1-2-9-20(14-10-12-7-8-13(11-14)19-12)18(21)17-15-5-3-4-6-16(15)17/h12-17,19H,2-11H2,1H3. The largest absolute Gasteiger partial charge is 0.339 e. The highest BCUT2D eigenvalue weighted by Gasteiger charge is 2.56. The van der Waals surface area contributed by atoms with Gasteiger partial charge in [-0.15, -0.1) is 0 Å². The Morgan fingerprint density at radius 3 is 2.24 bits per heavy atom. The van der Waals surface area contributed by atoms with E-state index < -0.39 is 0 Å². The van der Waals surface area contributed by atoms with Crippen LogP contribution in [0.2, 0.25) is 0 Å². The first-order valence-corrected chi connectivity index (χ1v) is 9.34. The molecule has 2 heterocycles. The van der Waals surface area contributed by atoms with Gasteiger partial charge in [0.2, 0.25) is 5.91 Å². The van der Waals surface area contributed by atoms with Gasteiger partial charge in [0.1, 0.15) is 0 Å². The van der Waals surface area contributed by atoms with Crippen molar-refractivity contribution in [1.82, 2.24) is 10.2 Å². The Bertz CT molecular complexity index is 386. The highest BCUT2D eigenvalue weighted by molar-refractivity contribution is 5.82. The van der Waals surface area contributed by atoms with E-state index in [1.54, 1.807) is 0 Å². The number of carbonyl (C=O) groups excluding carboxylic acids is 1. The van der Waals surface area contributed by atoms with Crippen LogP contribution in [0.4, 0.5) is 0 Å². The zero-order valence-electron chi connectivity index (χ0n) is 13.4. The molecular formula is C18H30N2O. The number of nitrogens with one attached hydrogen (secondary N) is 1. The fourth-order valence-electron chi connectivity index (χ4n) is 5.55. The average molecular weight is 290 g/mol. The van der Waals surface area contributed by atoms with Crippen LogP contribution in [0.1, 0.15) is 64.7 Å². The van der Waals surface area contributed by atoms with Gasteiger partial charge >= 0.3 is 0 Å². The minimum Gasteiger partial charge on any atom is -0.339 e. The summed E-state index contributed by atoms with van der Waals surface area (Å²) in [4.78, 5) is 15.4. The number of rotatable bonds is 4.